The Labute approximate surface area is 85.7 Å². The summed E-state index contributed by atoms with van der Waals surface area (Å²) < 4.78 is 15.2. The largest absolute Gasteiger partial charge is 1.00 e. The van der Waals surface area contributed by atoms with Gasteiger partial charge in [-0.15, -0.1) is 0 Å². The zero-order valence-corrected chi connectivity index (χ0v) is 8.17. The van der Waals surface area contributed by atoms with E-state index in [0.717, 1.165) is 0 Å². The summed E-state index contributed by atoms with van der Waals surface area (Å²) in [6.45, 7) is 0. The van der Waals surface area contributed by atoms with E-state index in [1.165, 1.54) is 7.05 Å². The van der Waals surface area contributed by atoms with Crippen molar-refractivity contribution >= 4 is 9.73 Å². The Balaban J connectivity index is 0.00000121. The monoisotopic (exact) mass is 175 g/mol. The Morgan fingerprint density at radius 3 is 2.25 bits per heavy atom. The molecule has 0 aromatic heterocycles. The minimum absolute atomic E-state index is 0. The summed E-state index contributed by atoms with van der Waals surface area (Å²) in [5.41, 5.74) is 0. The van der Waals surface area contributed by atoms with Gasteiger partial charge in [0, 0.05) is 11.9 Å². The van der Waals surface area contributed by atoms with Gasteiger partial charge in [-0.1, -0.05) is 27.9 Å². The van der Waals surface area contributed by atoms with E-state index in [1.807, 2.05) is 18.2 Å². The van der Waals surface area contributed by atoms with Crippen LogP contribution in [-0.2, 0) is 9.73 Å². The molecule has 0 aliphatic rings. The first kappa shape index (κ1) is 11.8. The van der Waals surface area contributed by atoms with Gasteiger partial charge in [-0.2, -0.15) is 0 Å². The first-order valence-electron chi connectivity index (χ1n) is 3.20. The van der Waals surface area contributed by atoms with Crippen LogP contribution in [0.5, 0.6) is 0 Å². The summed E-state index contributed by atoms with van der Waals surface area (Å²) in [7, 11) is -0.857. The summed E-state index contributed by atoms with van der Waals surface area (Å²) in [5, 5.41) is 0. The zero-order chi connectivity index (χ0) is 8.32. The maximum absolute atomic E-state index is 11.5. The molecule has 0 heterocycles. The SMILES string of the molecule is [CH2-][S@](=O)(=NC)c1ccccc1.[Li+]. The van der Waals surface area contributed by atoms with E-state index < -0.39 is 9.73 Å². The third-order valence-corrected chi connectivity index (χ3v) is 3.01. The molecule has 60 valence electrons. The van der Waals surface area contributed by atoms with Crippen LogP contribution in [-0.4, -0.2) is 11.3 Å². The fourth-order valence-corrected chi connectivity index (χ4v) is 1.53. The van der Waals surface area contributed by atoms with Crippen LogP contribution in [0.25, 0.3) is 0 Å². The molecule has 0 unspecified atom stereocenters. The van der Waals surface area contributed by atoms with Crippen LogP contribution in [0.2, 0.25) is 0 Å². The van der Waals surface area contributed by atoms with Gasteiger partial charge in [0.2, 0.25) is 0 Å². The second-order valence-corrected chi connectivity index (χ2v) is 4.25. The average Bonchev–Trinajstić information content (AvgIpc) is 2.06. The van der Waals surface area contributed by atoms with Gasteiger partial charge in [-0.25, -0.2) is 6.26 Å². The molecular formula is C8H10LiNOS. The van der Waals surface area contributed by atoms with Gasteiger partial charge in [0.15, 0.2) is 0 Å². The van der Waals surface area contributed by atoms with Gasteiger partial charge >= 0.3 is 18.9 Å². The van der Waals surface area contributed by atoms with Crippen LogP contribution in [0.1, 0.15) is 0 Å². The van der Waals surface area contributed by atoms with Crippen LogP contribution in [0, 0.1) is 6.26 Å². The molecule has 0 N–H and O–H groups in total. The molecule has 0 amide bonds. The Hall–Kier alpha value is -0.233. The fraction of sp³-hybridized carbons (Fsp3) is 0.125. The molecular weight excluding hydrogens is 165 g/mol. The fourth-order valence-electron chi connectivity index (χ4n) is 0.739. The molecule has 1 atom stereocenters. The van der Waals surface area contributed by atoms with E-state index in [-0.39, 0.29) is 18.9 Å². The molecule has 0 saturated heterocycles. The molecule has 0 radical (unpaired) electrons. The standard InChI is InChI=1S/C8H10NOS.Li/c1-9-11(2,10)8-6-4-3-5-7-8;/h3-7H,2H2,1H3;/q-1;+1/t11-;/m1./s1. The van der Waals surface area contributed by atoms with Crippen molar-refractivity contribution in [2.75, 3.05) is 7.05 Å². The van der Waals surface area contributed by atoms with Crippen molar-refractivity contribution in [3.05, 3.63) is 36.6 Å². The van der Waals surface area contributed by atoms with Crippen LogP contribution in [0.3, 0.4) is 0 Å². The number of hydrogen-bond acceptors (Lipinski definition) is 2. The van der Waals surface area contributed by atoms with Crippen molar-refractivity contribution < 1.29 is 23.1 Å². The summed E-state index contributed by atoms with van der Waals surface area (Å²) in [4.78, 5) is 0.683. The van der Waals surface area contributed by atoms with Gasteiger partial charge in [0.1, 0.15) is 0 Å². The van der Waals surface area contributed by atoms with Crippen LogP contribution >= 0.6 is 0 Å². The summed E-state index contributed by atoms with van der Waals surface area (Å²) in [5.74, 6) is 0. The van der Waals surface area contributed by atoms with Gasteiger partial charge in [0.05, 0.1) is 0 Å². The maximum atomic E-state index is 11.5. The Morgan fingerprint density at radius 2 is 1.83 bits per heavy atom. The Morgan fingerprint density at radius 1 is 1.33 bits per heavy atom. The van der Waals surface area contributed by atoms with Gasteiger partial charge in [0.25, 0.3) is 0 Å². The van der Waals surface area contributed by atoms with E-state index in [9.17, 15) is 4.21 Å². The first-order chi connectivity index (χ1) is 5.17. The van der Waals surface area contributed by atoms with Crippen molar-refractivity contribution in [2.24, 2.45) is 4.36 Å². The summed E-state index contributed by atoms with van der Waals surface area (Å²) in [6.07, 6.45) is 3.52. The molecule has 2 nitrogen and oxygen atoms in total. The minimum atomic E-state index is -2.37. The molecule has 0 saturated carbocycles. The molecule has 1 aromatic rings. The molecule has 0 spiro atoms. The van der Waals surface area contributed by atoms with Crippen LogP contribution < -0.4 is 18.9 Å². The second kappa shape index (κ2) is 4.71. The quantitative estimate of drug-likeness (QED) is 0.395. The molecule has 1 rings (SSSR count). The number of rotatable bonds is 1. The molecule has 0 aliphatic carbocycles. The number of hydrogen-bond donors (Lipinski definition) is 0. The molecule has 0 fully saturated rings. The van der Waals surface area contributed by atoms with Crippen LogP contribution in [0.4, 0.5) is 0 Å². The average molecular weight is 175 g/mol. The molecule has 1 aromatic carbocycles. The van der Waals surface area contributed by atoms with Crippen molar-refractivity contribution in [2.45, 2.75) is 4.90 Å². The smallest absolute Gasteiger partial charge is 0.278 e. The van der Waals surface area contributed by atoms with E-state index >= 15 is 0 Å². The van der Waals surface area contributed by atoms with Gasteiger partial charge in [-0.05, 0) is 12.1 Å². The van der Waals surface area contributed by atoms with Crippen molar-refractivity contribution in [1.29, 1.82) is 0 Å². The predicted molar refractivity (Wildman–Crippen MR) is 46.6 cm³/mol. The Kier molecular flexibility index (Phi) is 4.62. The number of nitrogens with zero attached hydrogens (tertiary/aromatic N) is 1. The first-order valence-corrected chi connectivity index (χ1v) is 4.88. The summed E-state index contributed by atoms with van der Waals surface area (Å²) >= 11 is 0. The topological polar surface area (TPSA) is 29.4 Å². The second-order valence-electron chi connectivity index (χ2n) is 2.14. The Bertz CT molecular complexity index is 341. The molecule has 0 bridgehead atoms. The third kappa shape index (κ3) is 2.67. The number of benzene rings is 1. The normalized spacial score (nSPS) is 14.2. The predicted octanol–water partition coefficient (Wildman–Crippen LogP) is -1.06. The van der Waals surface area contributed by atoms with Crippen molar-refractivity contribution in [1.82, 2.24) is 0 Å². The van der Waals surface area contributed by atoms with Crippen LogP contribution in [0.15, 0.2) is 39.6 Å². The third-order valence-electron chi connectivity index (χ3n) is 1.41. The maximum Gasteiger partial charge on any atom is 1.00 e. The van der Waals surface area contributed by atoms with Gasteiger partial charge < -0.3 is 0 Å². The van der Waals surface area contributed by atoms with E-state index in [2.05, 4.69) is 10.6 Å². The molecule has 4 heteroatoms. The molecule has 0 aliphatic heterocycles. The van der Waals surface area contributed by atoms with Gasteiger partial charge in [-0.3, -0.25) is 8.57 Å². The molecule has 12 heavy (non-hydrogen) atoms. The van der Waals surface area contributed by atoms with Crippen molar-refractivity contribution in [3.8, 4) is 0 Å². The van der Waals surface area contributed by atoms with E-state index in [0.29, 0.717) is 4.90 Å². The van der Waals surface area contributed by atoms with E-state index in [1.54, 1.807) is 12.1 Å². The minimum Gasteiger partial charge on any atom is -0.278 e. The van der Waals surface area contributed by atoms with Crippen molar-refractivity contribution in [3.63, 3.8) is 0 Å². The zero-order valence-electron chi connectivity index (χ0n) is 7.36. The summed E-state index contributed by atoms with van der Waals surface area (Å²) in [6, 6.07) is 9.05. The van der Waals surface area contributed by atoms with E-state index in [4.69, 9.17) is 0 Å².